The van der Waals surface area contributed by atoms with Crippen LogP contribution in [0.2, 0.25) is 0 Å². The Morgan fingerprint density at radius 2 is 0.949 bits per heavy atom. The fraction of sp³-hybridized carbons (Fsp3) is 0.333. The van der Waals surface area contributed by atoms with Crippen molar-refractivity contribution in [3.8, 4) is 22.3 Å². The molecule has 0 radical (unpaired) electrons. The summed E-state index contributed by atoms with van der Waals surface area (Å²) in [5.41, 5.74) is 2.36. The van der Waals surface area contributed by atoms with Crippen LogP contribution in [-0.2, 0) is 0 Å². The molecule has 0 bridgehead atoms. The quantitative estimate of drug-likeness (QED) is 0.141. The normalized spacial score (nSPS) is 12.9. The highest BCUT2D eigenvalue weighted by Crippen LogP contribution is 2.47. The Labute approximate surface area is 242 Å². The molecule has 39 heavy (non-hydrogen) atoms. The van der Waals surface area contributed by atoms with E-state index in [1.165, 1.54) is 53.5 Å². The smallest absolute Gasteiger partial charge is 0.0412 e. The van der Waals surface area contributed by atoms with Crippen LogP contribution in [0, 0.1) is 22.3 Å². The summed E-state index contributed by atoms with van der Waals surface area (Å²) in [5, 5.41) is 18.8. The lowest BCUT2D eigenvalue weighted by Crippen LogP contribution is -2.06. The Morgan fingerprint density at radius 3 is 1.38 bits per heavy atom. The van der Waals surface area contributed by atoms with Crippen molar-refractivity contribution in [3.63, 3.8) is 0 Å². The Bertz CT molecular complexity index is 1640. The van der Waals surface area contributed by atoms with E-state index in [9.17, 15) is 0 Å². The minimum atomic E-state index is -0.953. The monoisotopic (exact) mass is 568 g/mol. The lowest BCUT2D eigenvalue weighted by Gasteiger charge is -2.30. The average molecular weight is 569 g/mol. The molecule has 0 unspecified atom stereocenters. The standard InChI is InChI=1S/C36H40S3/c1-7-38(8-2,9-3)21-18-30-32-23-27-15-13-14-16-28(27)24-33(32)31(19-22-39(10-4,11-5)12-6)35-26-36-29(17-20-37-36)25-34(30)35/h13-17,20,23-26H,7-12H2,1-6H3. The van der Waals surface area contributed by atoms with Gasteiger partial charge in [-0.1, -0.05) is 77.6 Å². The second-order valence-electron chi connectivity index (χ2n) is 10.1. The van der Waals surface area contributed by atoms with Crippen LogP contribution in [-0.4, -0.2) is 34.5 Å². The van der Waals surface area contributed by atoms with Gasteiger partial charge in [0.15, 0.2) is 0 Å². The van der Waals surface area contributed by atoms with Crippen molar-refractivity contribution >= 4 is 73.8 Å². The molecule has 0 aliphatic rings. The fourth-order valence-electron chi connectivity index (χ4n) is 5.61. The van der Waals surface area contributed by atoms with Crippen LogP contribution in [0.4, 0.5) is 0 Å². The maximum absolute atomic E-state index is 3.88. The minimum absolute atomic E-state index is 0.953. The van der Waals surface area contributed by atoms with E-state index in [-0.39, 0.29) is 0 Å². The molecule has 3 heteroatoms. The molecule has 0 aliphatic carbocycles. The molecule has 4 aromatic carbocycles. The lowest BCUT2D eigenvalue weighted by atomic mass is 9.90. The third kappa shape index (κ3) is 5.07. The first-order valence-electron chi connectivity index (χ1n) is 14.3. The molecule has 0 nitrogen and oxygen atoms in total. The summed E-state index contributed by atoms with van der Waals surface area (Å²) in [5.74, 6) is 14.6. The molecule has 5 aromatic rings. The zero-order valence-corrected chi connectivity index (χ0v) is 26.7. The van der Waals surface area contributed by atoms with Gasteiger partial charge in [0, 0.05) is 21.2 Å². The van der Waals surface area contributed by atoms with E-state index in [2.05, 4.69) is 124 Å². The number of rotatable bonds is 6. The molecule has 202 valence electrons. The average Bonchev–Trinajstić information content (AvgIpc) is 3.45. The molecule has 0 saturated carbocycles. The fourth-order valence-corrected chi connectivity index (χ4v) is 10.4. The topological polar surface area (TPSA) is 0 Å². The molecular formula is C36H40S3. The first kappa shape index (κ1) is 28.0. The van der Waals surface area contributed by atoms with Gasteiger partial charge in [0.2, 0.25) is 0 Å². The minimum Gasteiger partial charge on any atom is -0.178 e. The molecule has 0 amide bonds. The zero-order chi connectivity index (χ0) is 27.6. The van der Waals surface area contributed by atoms with Gasteiger partial charge in [-0.2, -0.15) is 20.1 Å². The van der Waals surface area contributed by atoms with Crippen molar-refractivity contribution in [1.29, 1.82) is 0 Å². The summed E-state index contributed by atoms with van der Waals surface area (Å²) in [6, 6.07) is 20.5. The third-order valence-electron chi connectivity index (χ3n) is 8.66. The van der Waals surface area contributed by atoms with Gasteiger partial charge >= 0.3 is 0 Å². The molecular weight excluding hydrogens is 529 g/mol. The zero-order valence-electron chi connectivity index (χ0n) is 24.2. The molecule has 5 rings (SSSR count). The predicted octanol–water partition coefficient (Wildman–Crippen LogP) is 10.7. The highest BCUT2D eigenvalue weighted by atomic mass is 32.3. The highest BCUT2D eigenvalue weighted by molar-refractivity contribution is 8.37. The molecule has 1 heterocycles. The van der Waals surface area contributed by atoms with E-state index >= 15 is 0 Å². The Hall–Kier alpha value is -2.56. The molecule has 0 spiro atoms. The van der Waals surface area contributed by atoms with Crippen LogP contribution in [0.5, 0.6) is 0 Å². The van der Waals surface area contributed by atoms with E-state index in [0.717, 1.165) is 34.5 Å². The van der Waals surface area contributed by atoms with E-state index < -0.39 is 20.1 Å². The van der Waals surface area contributed by atoms with Crippen LogP contribution >= 0.6 is 31.4 Å². The highest BCUT2D eigenvalue weighted by Gasteiger charge is 2.19. The summed E-state index contributed by atoms with van der Waals surface area (Å²) in [7, 11) is -1.91. The van der Waals surface area contributed by atoms with E-state index in [4.69, 9.17) is 0 Å². The van der Waals surface area contributed by atoms with Crippen molar-refractivity contribution in [3.05, 3.63) is 71.1 Å². The second-order valence-corrected chi connectivity index (χ2v) is 19.1. The lowest BCUT2D eigenvalue weighted by molar-refractivity contribution is 1.36. The summed E-state index contributed by atoms with van der Waals surface area (Å²) < 4.78 is 1.32. The Balaban J connectivity index is 1.98. The molecule has 0 aliphatic heterocycles. The van der Waals surface area contributed by atoms with Gasteiger partial charge in [0.05, 0.1) is 0 Å². The molecule has 0 N–H and O–H groups in total. The van der Waals surface area contributed by atoms with E-state index in [0.29, 0.717) is 0 Å². The van der Waals surface area contributed by atoms with Crippen LogP contribution in [0.1, 0.15) is 52.7 Å². The van der Waals surface area contributed by atoms with E-state index in [1.54, 1.807) is 0 Å². The number of fused-ring (bicyclic) bond motifs is 4. The summed E-state index contributed by atoms with van der Waals surface area (Å²) in [6.07, 6.45) is 0. The van der Waals surface area contributed by atoms with Crippen LogP contribution in [0.15, 0.2) is 60.0 Å². The van der Waals surface area contributed by atoms with E-state index in [1.807, 2.05) is 11.3 Å². The Morgan fingerprint density at radius 1 is 0.538 bits per heavy atom. The second kappa shape index (κ2) is 11.5. The maximum Gasteiger partial charge on any atom is 0.0412 e. The summed E-state index contributed by atoms with van der Waals surface area (Å²) in [4.78, 5) is 0. The van der Waals surface area contributed by atoms with Crippen molar-refractivity contribution < 1.29 is 0 Å². The number of thiophene rings is 1. The largest absolute Gasteiger partial charge is 0.178 e. The van der Waals surface area contributed by atoms with Crippen molar-refractivity contribution in [2.45, 2.75) is 41.5 Å². The SMILES string of the molecule is CCS(C#Cc1c2cc3ccccc3cc2c(C#CS(CC)(CC)CC)c2cc3sccc3cc12)(CC)CC. The molecule has 0 fully saturated rings. The van der Waals surface area contributed by atoms with Gasteiger partial charge in [-0.3, -0.25) is 0 Å². The van der Waals surface area contributed by atoms with Crippen molar-refractivity contribution in [2.75, 3.05) is 34.5 Å². The van der Waals surface area contributed by atoms with Gasteiger partial charge in [-0.05, 0) is 113 Å². The molecule has 0 saturated heterocycles. The summed E-state index contributed by atoms with van der Waals surface area (Å²) in [6.45, 7) is 13.9. The number of hydrogen-bond acceptors (Lipinski definition) is 1. The van der Waals surface area contributed by atoms with Crippen molar-refractivity contribution in [1.82, 2.24) is 0 Å². The van der Waals surface area contributed by atoms with Crippen LogP contribution < -0.4 is 0 Å². The van der Waals surface area contributed by atoms with Crippen LogP contribution in [0.3, 0.4) is 0 Å². The Kier molecular flexibility index (Phi) is 8.26. The number of hydrogen-bond donors (Lipinski definition) is 0. The number of benzene rings is 4. The predicted molar refractivity (Wildman–Crippen MR) is 187 cm³/mol. The van der Waals surface area contributed by atoms with Gasteiger partial charge in [0.1, 0.15) is 0 Å². The van der Waals surface area contributed by atoms with Crippen molar-refractivity contribution in [2.24, 2.45) is 0 Å². The first-order valence-corrected chi connectivity index (χ1v) is 19.5. The van der Waals surface area contributed by atoms with Gasteiger partial charge in [0.25, 0.3) is 0 Å². The van der Waals surface area contributed by atoms with Gasteiger partial charge in [-0.25, -0.2) is 0 Å². The third-order valence-corrected chi connectivity index (χ3v) is 17.2. The molecule has 0 atom stereocenters. The van der Waals surface area contributed by atoms with Gasteiger partial charge < -0.3 is 0 Å². The van der Waals surface area contributed by atoms with Crippen LogP contribution in [0.25, 0.3) is 42.4 Å². The first-order chi connectivity index (χ1) is 19.0. The summed E-state index contributed by atoms with van der Waals surface area (Å²) >= 11 is 1.82. The van der Waals surface area contributed by atoms with Gasteiger partial charge in [-0.15, -0.1) is 11.3 Å². The maximum atomic E-state index is 3.88. The molecule has 1 aromatic heterocycles.